The Bertz CT molecular complexity index is 685. The van der Waals surface area contributed by atoms with Crippen molar-refractivity contribution in [2.75, 3.05) is 37.7 Å². The summed E-state index contributed by atoms with van der Waals surface area (Å²) in [6.45, 7) is 8.70. The van der Waals surface area contributed by atoms with E-state index in [0.29, 0.717) is 29.5 Å². The van der Waals surface area contributed by atoms with Crippen molar-refractivity contribution in [3.63, 3.8) is 0 Å². The van der Waals surface area contributed by atoms with Gasteiger partial charge in [0.15, 0.2) is 0 Å². The predicted octanol–water partition coefficient (Wildman–Crippen LogP) is 4.92. The number of hydrogen-bond acceptors (Lipinski definition) is 5. The summed E-state index contributed by atoms with van der Waals surface area (Å²) in [4.78, 5) is 2.53. The van der Waals surface area contributed by atoms with Crippen molar-refractivity contribution in [2.24, 2.45) is 0 Å². The number of nitrogens with two attached hydrogens (primary N) is 2. The molecule has 0 radical (unpaired) electrons. The molecule has 0 saturated heterocycles. The van der Waals surface area contributed by atoms with Crippen molar-refractivity contribution in [3.05, 3.63) is 42.5 Å². The van der Waals surface area contributed by atoms with Crippen LogP contribution in [0.1, 0.15) is 39.5 Å². The average Bonchev–Trinajstić information content (AvgIpc) is 2.65. The second-order valence-electron chi connectivity index (χ2n) is 6.76. The highest BCUT2D eigenvalue weighted by Crippen LogP contribution is 2.28. The van der Waals surface area contributed by atoms with Crippen molar-refractivity contribution >= 4 is 11.4 Å². The van der Waals surface area contributed by atoms with Crippen molar-refractivity contribution in [3.8, 4) is 17.2 Å². The van der Waals surface area contributed by atoms with Gasteiger partial charge in [0.1, 0.15) is 17.2 Å². The van der Waals surface area contributed by atoms with E-state index in [1.165, 1.54) is 25.9 Å². The van der Waals surface area contributed by atoms with Gasteiger partial charge in [0.25, 0.3) is 0 Å². The summed E-state index contributed by atoms with van der Waals surface area (Å²) in [7, 11) is 0. The van der Waals surface area contributed by atoms with Gasteiger partial charge in [0, 0.05) is 12.1 Å². The number of unbranched alkanes of at least 4 members (excludes halogenated alkanes) is 1. The van der Waals surface area contributed by atoms with Gasteiger partial charge in [-0.05, 0) is 69.6 Å². The predicted molar refractivity (Wildman–Crippen MR) is 114 cm³/mol. The van der Waals surface area contributed by atoms with Crippen LogP contribution in [0.2, 0.25) is 0 Å². The summed E-state index contributed by atoms with van der Waals surface area (Å²) in [6, 6.07) is 12.9. The molecule has 4 N–H and O–H groups in total. The molecule has 0 aliphatic heterocycles. The molecule has 148 valence electrons. The summed E-state index contributed by atoms with van der Waals surface area (Å²) >= 11 is 0. The maximum absolute atomic E-state index is 5.89. The Balaban J connectivity index is 1.77. The van der Waals surface area contributed by atoms with E-state index in [0.717, 1.165) is 25.1 Å². The van der Waals surface area contributed by atoms with Crippen LogP contribution < -0.4 is 20.9 Å². The normalized spacial score (nSPS) is 10.9. The molecule has 0 atom stereocenters. The highest BCUT2D eigenvalue weighted by atomic mass is 16.5. The zero-order valence-corrected chi connectivity index (χ0v) is 16.6. The van der Waals surface area contributed by atoms with E-state index in [2.05, 4.69) is 18.7 Å². The molecular formula is C22H33N3O2. The molecule has 0 aliphatic rings. The molecule has 0 amide bonds. The Hall–Kier alpha value is -2.40. The number of hydrogen-bond donors (Lipinski definition) is 2. The van der Waals surface area contributed by atoms with Crippen LogP contribution in [-0.2, 0) is 0 Å². The Labute approximate surface area is 163 Å². The van der Waals surface area contributed by atoms with Crippen LogP contribution in [-0.4, -0.2) is 31.1 Å². The number of anilines is 2. The van der Waals surface area contributed by atoms with Crippen LogP contribution in [0.5, 0.6) is 17.2 Å². The third-order valence-corrected chi connectivity index (χ3v) is 4.32. The van der Waals surface area contributed by atoms with Gasteiger partial charge in [-0.25, -0.2) is 0 Å². The molecule has 0 bridgehead atoms. The van der Waals surface area contributed by atoms with Crippen molar-refractivity contribution in [1.82, 2.24) is 4.90 Å². The summed E-state index contributed by atoms with van der Waals surface area (Å²) < 4.78 is 11.7. The fourth-order valence-corrected chi connectivity index (χ4v) is 2.98. The first-order valence-corrected chi connectivity index (χ1v) is 9.90. The Morgan fingerprint density at radius 3 is 2.19 bits per heavy atom. The first-order valence-electron chi connectivity index (χ1n) is 9.90. The molecule has 0 saturated carbocycles. The third-order valence-electron chi connectivity index (χ3n) is 4.32. The molecule has 2 rings (SSSR count). The largest absolute Gasteiger partial charge is 0.493 e. The van der Waals surface area contributed by atoms with Gasteiger partial charge >= 0.3 is 0 Å². The zero-order valence-electron chi connectivity index (χ0n) is 16.6. The molecule has 2 aromatic rings. The van der Waals surface area contributed by atoms with Crippen LogP contribution in [0, 0.1) is 0 Å². The number of rotatable bonds is 12. The van der Waals surface area contributed by atoms with Gasteiger partial charge in [-0.1, -0.05) is 19.9 Å². The number of ether oxygens (including phenoxy) is 2. The Morgan fingerprint density at radius 1 is 0.778 bits per heavy atom. The van der Waals surface area contributed by atoms with Crippen molar-refractivity contribution in [2.45, 2.75) is 39.5 Å². The molecular weight excluding hydrogens is 338 g/mol. The molecule has 0 aliphatic carbocycles. The zero-order chi connectivity index (χ0) is 19.5. The standard InChI is InChI=1S/C22H33N3O2/c1-3-12-25(13-4-2)14-5-6-15-26-18-8-7-9-19(16-18)27-20-10-11-21(23)22(24)17-20/h7-11,16-17H,3-6,12-15,23-24H2,1-2H3. The van der Waals surface area contributed by atoms with E-state index in [1.807, 2.05) is 24.3 Å². The van der Waals surface area contributed by atoms with Crippen molar-refractivity contribution < 1.29 is 9.47 Å². The van der Waals surface area contributed by atoms with Crippen molar-refractivity contribution in [1.29, 1.82) is 0 Å². The van der Waals surface area contributed by atoms with Crippen LogP contribution in [0.15, 0.2) is 42.5 Å². The first kappa shape index (κ1) is 20.9. The molecule has 27 heavy (non-hydrogen) atoms. The Morgan fingerprint density at radius 2 is 1.48 bits per heavy atom. The summed E-state index contributed by atoms with van der Waals surface area (Å²) in [5.74, 6) is 2.19. The van der Waals surface area contributed by atoms with E-state index in [1.54, 1.807) is 18.2 Å². The van der Waals surface area contributed by atoms with Gasteiger partial charge < -0.3 is 25.8 Å². The molecule has 0 unspecified atom stereocenters. The fourth-order valence-electron chi connectivity index (χ4n) is 2.98. The van der Waals surface area contributed by atoms with Gasteiger partial charge in [-0.3, -0.25) is 0 Å². The molecule has 0 spiro atoms. The lowest BCUT2D eigenvalue weighted by atomic mass is 10.2. The quantitative estimate of drug-likeness (QED) is 0.409. The SMILES string of the molecule is CCCN(CCC)CCCCOc1cccc(Oc2ccc(N)c(N)c2)c1. The average molecular weight is 372 g/mol. The minimum absolute atomic E-state index is 0.514. The van der Waals surface area contributed by atoms with E-state index in [4.69, 9.17) is 20.9 Å². The lowest BCUT2D eigenvalue weighted by molar-refractivity contribution is 0.249. The molecule has 0 fully saturated rings. The van der Waals surface area contributed by atoms with E-state index in [-0.39, 0.29) is 0 Å². The maximum Gasteiger partial charge on any atom is 0.131 e. The molecule has 2 aromatic carbocycles. The summed E-state index contributed by atoms with van der Waals surface area (Å²) in [5, 5.41) is 0. The minimum atomic E-state index is 0.514. The topological polar surface area (TPSA) is 73.7 Å². The van der Waals surface area contributed by atoms with E-state index in [9.17, 15) is 0 Å². The third kappa shape index (κ3) is 7.39. The van der Waals surface area contributed by atoms with E-state index >= 15 is 0 Å². The van der Waals surface area contributed by atoms with Crippen LogP contribution in [0.25, 0.3) is 0 Å². The number of benzene rings is 2. The number of nitrogens with zero attached hydrogens (tertiary/aromatic N) is 1. The Kier molecular flexibility index (Phi) is 8.78. The smallest absolute Gasteiger partial charge is 0.131 e. The first-order chi connectivity index (χ1) is 13.1. The molecule has 5 heteroatoms. The molecule has 0 aromatic heterocycles. The highest BCUT2D eigenvalue weighted by Gasteiger charge is 2.04. The highest BCUT2D eigenvalue weighted by molar-refractivity contribution is 5.65. The fraction of sp³-hybridized carbons (Fsp3) is 0.455. The molecule has 0 heterocycles. The van der Waals surface area contributed by atoms with Gasteiger partial charge in [0.05, 0.1) is 18.0 Å². The minimum Gasteiger partial charge on any atom is -0.493 e. The van der Waals surface area contributed by atoms with Crippen LogP contribution in [0.4, 0.5) is 11.4 Å². The van der Waals surface area contributed by atoms with Gasteiger partial charge in [-0.15, -0.1) is 0 Å². The monoisotopic (exact) mass is 371 g/mol. The summed E-state index contributed by atoms with van der Waals surface area (Å²) in [5.41, 5.74) is 12.6. The second-order valence-corrected chi connectivity index (χ2v) is 6.76. The van der Waals surface area contributed by atoms with Gasteiger partial charge in [0.2, 0.25) is 0 Å². The second kappa shape index (κ2) is 11.3. The summed E-state index contributed by atoms with van der Waals surface area (Å²) in [6.07, 6.45) is 4.62. The lowest BCUT2D eigenvalue weighted by Crippen LogP contribution is -2.26. The lowest BCUT2D eigenvalue weighted by Gasteiger charge is -2.20. The van der Waals surface area contributed by atoms with E-state index < -0.39 is 0 Å². The molecule has 5 nitrogen and oxygen atoms in total. The van der Waals surface area contributed by atoms with Gasteiger partial charge in [-0.2, -0.15) is 0 Å². The number of nitrogen functional groups attached to an aromatic ring is 2. The van der Waals surface area contributed by atoms with Crippen LogP contribution in [0.3, 0.4) is 0 Å². The van der Waals surface area contributed by atoms with Crippen LogP contribution >= 0.6 is 0 Å². The maximum atomic E-state index is 5.89.